The number of aryl methyl sites for hydroxylation is 2. The smallest absolute Gasteiger partial charge is 0.113 e. The van der Waals surface area contributed by atoms with Crippen LogP contribution >= 0.6 is 10.1 Å². The topological polar surface area (TPSA) is 94.9 Å². The Labute approximate surface area is 200 Å². The Bertz CT molecular complexity index is 861. The SMILES string of the molecule is [ClH+][Cu][ClH+].[Cl][Cu+].[Cu].[NH2-].c1ccc2c(c1)nnn2CCCn1nnc2ccccc21. The Morgan fingerprint density at radius 2 is 1.18 bits per heavy atom. The van der Waals surface area contributed by atoms with Crippen LogP contribution in [0.5, 0.6) is 0 Å². The van der Waals surface area contributed by atoms with E-state index in [1.165, 1.54) is 0 Å². The molecule has 4 rings (SSSR count). The van der Waals surface area contributed by atoms with Crippen LogP contribution < -0.4 is 0 Å². The van der Waals surface area contributed by atoms with Crippen LogP contribution in [0.15, 0.2) is 48.5 Å². The molecule has 1 radical (unpaired) electrons. The van der Waals surface area contributed by atoms with Gasteiger partial charge in [-0.1, -0.05) is 34.7 Å². The molecule has 0 aliphatic heterocycles. The monoisotopic (exact) mass is 590 g/mol. The second-order valence-corrected chi connectivity index (χ2v) is 6.82. The Balaban J connectivity index is 0.000000958. The largest absolute Gasteiger partial charge is 0.693 e. The number of aromatic nitrogens is 6. The van der Waals surface area contributed by atoms with Crippen LogP contribution in [0.4, 0.5) is 0 Å². The van der Waals surface area contributed by atoms with Crippen molar-refractivity contribution in [1.29, 1.82) is 0 Å². The van der Waals surface area contributed by atoms with Gasteiger partial charge in [0.2, 0.25) is 0 Å². The number of fused-ring (bicyclic) bond motifs is 2. The van der Waals surface area contributed by atoms with Crippen molar-refractivity contribution in [3.63, 3.8) is 0 Å². The molecule has 0 aliphatic carbocycles. The van der Waals surface area contributed by atoms with E-state index < -0.39 is 0 Å². The van der Waals surface area contributed by atoms with E-state index in [-0.39, 0.29) is 23.2 Å². The van der Waals surface area contributed by atoms with Crippen LogP contribution in [-0.2, 0) is 58.4 Å². The Hall–Kier alpha value is -0.372. The Kier molecular flexibility index (Phi) is 15.3. The van der Waals surface area contributed by atoms with Gasteiger partial charge in [-0.15, -0.1) is 10.2 Å². The number of hydrogen-bond acceptors (Lipinski definition) is 4. The third-order valence-corrected chi connectivity index (χ3v) is 3.58. The van der Waals surface area contributed by atoms with Gasteiger partial charge in [-0.3, -0.25) is 0 Å². The number of benzene rings is 2. The van der Waals surface area contributed by atoms with Gasteiger partial charge in [-0.2, -0.15) is 0 Å². The molecule has 0 atom stereocenters. The maximum absolute atomic E-state index is 4.20. The van der Waals surface area contributed by atoms with Gasteiger partial charge in [0, 0.05) is 30.2 Å². The molecule has 165 valence electrons. The molecule has 0 bridgehead atoms. The van der Waals surface area contributed by atoms with Gasteiger partial charge in [0.05, 0.1) is 11.0 Å². The van der Waals surface area contributed by atoms with E-state index in [4.69, 9.17) is 0 Å². The van der Waals surface area contributed by atoms with Gasteiger partial charge in [0.25, 0.3) is 0 Å². The average Bonchev–Trinajstić information content (AvgIpc) is 3.29. The minimum Gasteiger partial charge on any atom is -0.693 e. The molecule has 0 saturated heterocycles. The number of hydrogen-bond donors (Lipinski definition) is 0. The minimum atomic E-state index is 0. The standard InChI is InChI=1S/C15H14N6.3ClH.3Cu.H2N/c1-3-8-14-12(6-1)16-18-20(14)10-5-11-21-15-9-4-2-7-13(15)17-19-21;;;;;;;/h1-4,6-9H,5,10-11H2;3*1H;;;;1H2/q;;;;;2*+2;-1/p-1. The van der Waals surface area contributed by atoms with Crippen LogP contribution in [0.1, 0.15) is 6.42 Å². The van der Waals surface area contributed by atoms with E-state index in [2.05, 4.69) is 66.0 Å². The van der Waals surface area contributed by atoms with Crippen LogP contribution in [0.3, 0.4) is 0 Å². The first kappa shape index (κ1) is 27.6. The average molecular weight is 593 g/mol. The number of rotatable bonds is 4. The molecule has 28 heavy (non-hydrogen) atoms. The fourth-order valence-corrected chi connectivity index (χ4v) is 2.54. The minimum absolute atomic E-state index is 0. The van der Waals surface area contributed by atoms with Gasteiger partial charge >= 0.3 is 58.5 Å². The van der Waals surface area contributed by atoms with E-state index in [1.54, 1.807) is 0 Å². The molecule has 13 heteroatoms. The Morgan fingerprint density at radius 1 is 0.821 bits per heavy atom. The molecular weight excluding hydrogens is 575 g/mol. The zero-order valence-electron chi connectivity index (χ0n) is 14.1. The number of nitrogens with zero attached hydrogens (tertiary/aromatic N) is 6. The number of para-hydroxylation sites is 2. The molecule has 0 spiro atoms. The van der Waals surface area contributed by atoms with Crippen molar-refractivity contribution in [3.05, 3.63) is 54.7 Å². The quantitative estimate of drug-likeness (QED) is 0.340. The van der Waals surface area contributed by atoms with E-state index in [9.17, 15) is 0 Å². The summed E-state index contributed by atoms with van der Waals surface area (Å²) >= 11 is 4.64. The fourth-order valence-electron chi connectivity index (χ4n) is 2.54. The summed E-state index contributed by atoms with van der Waals surface area (Å²) in [5.74, 6) is 0. The first-order valence-corrected chi connectivity index (χ1v) is 11.4. The third kappa shape index (κ3) is 7.47. The van der Waals surface area contributed by atoms with Crippen molar-refractivity contribution in [1.82, 2.24) is 30.0 Å². The molecule has 0 saturated carbocycles. The normalized spacial score (nSPS) is 9.61. The van der Waals surface area contributed by atoms with Gasteiger partial charge in [-0.25, -0.2) is 9.36 Å². The predicted octanol–water partition coefficient (Wildman–Crippen LogP) is 3.13. The molecule has 0 fully saturated rings. The molecule has 4 aromatic rings. The van der Waals surface area contributed by atoms with E-state index in [0.717, 1.165) is 54.7 Å². The molecule has 2 heterocycles. The zero-order chi connectivity index (χ0) is 18.8. The first-order chi connectivity index (χ1) is 12.8. The molecule has 2 aromatic heterocycles. The molecule has 7 nitrogen and oxygen atoms in total. The second kappa shape index (κ2) is 15.5. The van der Waals surface area contributed by atoms with Crippen LogP contribution in [-0.4, -0.2) is 30.0 Å². The molecule has 0 unspecified atom stereocenters. The molecule has 2 aromatic carbocycles. The van der Waals surface area contributed by atoms with Crippen molar-refractivity contribution in [3.8, 4) is 0 Å². The van der Waals surface area contributed by atoms with Crippen LogP contribution in [0.2, 0.25) is 0 Å². The summed E-state index contributed by atoms with van der Waals surface area (Å²) in [5, 5.41) is 16.7. The summed E-state index contributed by atoms with van der Waals surface area (Å²) in [7, 11) is 12.4. The van der Waals surface area contributed by atoms with E-state index >= 15 is 0 Å². The first-order valence-electron chi connectivity index (χ1n) is 7.34. The van der Waals surface area contributed by atoms with Crippen molar-refractivity contribution < 1.29 is 65.5 Å². The summed E-state index contributed by atoms with van der Waals surface area (Å²) in [5.41, 5.74) is 4.01. The van der Waals surface area contributed by atoms with Crippen LogP contribution in [0, 0.1) is 20.2 Å². The number of halogens is 3. The molecular formula is C15H18Cl3Cu3N7+2. The van der Waals surface area contributed by atoms with E-state index in [1.807, 2.05) is 57.9 Å². The van der Waals surface area contributed by atoms with Gasteiger partial charge in [-0.05, 0) is 30.7 Å². The number of nitrogens with two attached hydrogens (primary N) is 1. The van der Waals surface area contributed by atoms with Crippen molar-refractivity contribution in [2.24, 2.45) is 0 Å². The van der Waals surface area contributed by atoms with Crippen molar-refractivity contribution in [2.75, 3.05) is 0 Å². The van der Waals surface area contributed by atoms with Crippen LogP contribution in [0.25, 0.3) is 28.2 Å². The van der Waals surface area contributed by atoms with Crippen molar-refractivity contribution >= 4 is 32.2 Å². The maximum Gasteiger partial charge on any atom is 0.113 e. The van der Waals surface area contributed by atoms with Gasteiger partial charge < -0.3 is 6.15 Å². The predicted molar refractivity (Wildman–Crippen MR) is 93.6 cm³/mol. The van der Waals surface area contributed by atoms with Crippen molar-refractivity contribution in [2.45, 2.75) is 19.5 Å². The summed E-state index contributed by atoms with van der Waals surface area (Å²) in [6.07, 6.45) is 0.931. The van der Waals surface area contributed by atoms with Gasteiger partial charge in [0.15, 0.2) is 0 Å². The third-order valence-electron chi connectivity index (χ3n) is 3.58. The van der Waals surface area contributed by atoms with E-state index in [0.29, 0.717) is 0 Å². The zero-order valence-corrected chi connectivity index (χ0v) is 19.3. The maximum atomic E-state index is 4.20. The summed E-state index contributed by atoms with van der Waals surface area (Å²) in [6, 6.07) is 16.0. The van der Waals surface area contributed by atoms with Gasteiger partial charge in [0.1, 0.15) is 11.0 Å². The molecule has 0 aliphatic rings. The second-order valence-electron chi connectivity index (χ2n) is 5.01. The molecule has 0 amide bonds. The Morgan fingerprint density at radius 3 is 1.57 bits per heavy atom. The summed E-state index contributed by atoms with van der Waals surface area (Å²) in [6.45, 7) is 1.63. The summed E-state index contributed by atoms with van der Waals surface area (Å²) < 4.78 is 3.88. The summed E-state index contributed by atoms with van der Waals surface area (Å²) in [4.78, 5) is 0. The molecule has 2 N–H and O–H groups in total. The fraction of sp³-hybridized carbons (Fsp3) is 0.200.